The summed E-state index contributed by atoms with van der Waals surface area (Å²) < 4.78 is 5.59. The molecule has 2 nitrogen and oxygen atoms in total. The molecule has 1 aliphatic carbocycles. The van der Waals surface area contributed by atoms with Gasteiger partial charge in [0.05, 0.1) is 6.10 Å². The van der Waals surface area contributed by atoms with Crippen LogP contribution < -0.4 is 4.74 Å². The number of hydrogen-bond acceptors (Lipinski definition) is 2. The van der Waals surface area contributed by atoms with Crippen molar-refractivity contribution in [3.8, 4) is 5.75 Å². The van der Waals surface area contributed by atoms with Crippen molar-refractivity contribution >= 4 is 11.6 Å². The molecule has 76 valence electrons. The lowest BCUT2D eigenvalue weighted by Crippen LogP contribution is -2.41. The Morgan fingerprint density at radius 1 is 1.43 bits per heavy atom. The van der Waals surface area contributed by atoms with Crippen LogP contribution in [0, 0.1) is 6.92 Å². The number of aliphatic hydroxyl groups is 1. The van der Waals surface area contributed by atoms with E-state index in [0.717, 1.165) is 29.2 Å². The molecule has 0 spiro atoms. The van der Waals surface area contributed by atoms with Gasteiger partial charge in [-0.1, -0.05) is 11.6 Å². The second-order valence-electron chi connectivity index (χ2n) is 3.71. The molecule has 14 heavy (non-hydrogen) atoms. The maximum Gasteiger partial charge on any atom is 0.125 e. The van der Waals surface area contributed by atoms with Gasteiger partial charge in [0.15, 0.2) is 0 Å². The van der Waals surface area contributed by atoms with Gasteiger partial charge in [0.2, 0.25) is 0 Å². The molecule has 0 bridgehead atoms. The molecular formula is C11H13ClO2. The molecule has 0 aromatic heterocycles. The quantitative estimate of drug-likeness (QED) is 0.817. The zero-order valence-corrected chi connectivity index (χ0v) is 8.79. The van der Waals surface area contributed by atoms with Gasteiger partial charge in [-0.05, 0) is 43.5 Å². The van der Waals surface area contributed by atoms with Crippen LogP contribution in [0.3, 0.4) is 0 Å². The molecule has 3 heteroatoms. The summed E-state index contributed by atoms with van der Waals surface area (Å²) in [4.78, 5) is 0. The first-order chi connectivity index (χ1) is 6.66. The molecule has 0 unspecified atom stereocenters. The van der Waals surface area contributed by atoms with Gasteiger partial charge in [0.25, 0.3) is 0 Å². The molecule has 1 fully saturated rings. The number of ether oxygens (including phenoxy) is 1. The highest BCUT2D eigenvalue weighted by atomic mass is 35.5. The number of aliphatic hydroxyl groups excluding tert-OH is 1. The zero-order chi connectivity index (χ0) is 10.1. The monoisotopic (exact) mass is 212 g/mol. The maximum absolute atomic E-state index is 9.34. The summed E-state index contributed by atoms with van der Waals surface area (Å²) in [6, 6.07) is 5.55. The van der Waals surface area contributed by atoms with Crippen molar-refractivity contribution in [3.05, 3.63) is 28.8 Å². The van der Waals surface area contributed by atoms with Crippen molar-refractivity contribution in [2.75, 3.05) is 0 Å². The predicted molar refractivity (Wildman–Crippen MR) is 55.8 cm³/mol. The highest BCUT2D eigenvalue weighted by Crippen LogP contribution is 2.28. The summed E-state index contributed by atoms with van der Waals surface area (Å²) in [6.45, 7) is 1.94. The van der Waals surface area contributed by atoms with Crippen LogP contribution in [-0.4, -0.2) is 17.3 Å². The first-order valence-corrected chi connectivity index (χ1v) is 5.15. The topological polar surface area (TPSA) is 29.5 Å². The second-order valence-corrected chi connectivity index (χ2v) is 4.12. The minimum absolute atomic E-state index is 0.0319. The van der Waals surface area contributed by atoms with Gasteiger partial charge < -0.3 is 9.84 Å². The fourth-order valence-corrected chi connectivity index (χ4v) is 1.57. The second kappa shape index (κ2) is 3.79. The van der Waals surface area contributed by atoms with Crippen LogP contribution in [-0.2, 0) is 0 Å². The number of halogens is 1. The van der Waals surface area contributed by atoms with E-state index in [9.17, 15) is 5.11 Å². The molecule has 2 rings (SSSR count). The van der Waals surface area contributed by atoms with Gasteiger partial charge in [-0.3, -0.25) is 0 Å². The molecule has 0 aliphatic heterocycles. The molecule has 0 heterocycles. The van der Waals surface area contributed by atoms with Crippen molar-refractivity contribution in [1.82, 2.24) is 0 Å². The van der Waals surface area contributed by atoms with Crippen LogP contribution in [0.5, 0.6) is 5.75 Å². The zero-order valence-electron chi connectivity index (χ0n) is 8.03. The number of aryl methyl sites for hydroxylation is 1. The fourth-order valence-electron chi connectivity index (χ4n) is 1.45. The number of rotatable bonds is 2. The van der Waals surface area contributed by atoms with E-state index < -0.39 is 0 Å². The predicted octanol–water partition coefficient (Wildman–Crippen LogP) is 2.55. The van der Waals surface area contributed by atoms with Crippen molar-refractivity contribution in [2.24, 2.45) is 0 Å². The van der Waals surface area contributed by atoms with E-state index in [1.807, 2.05) is 25.1 Å². The molecule has 0 radical (unpaired) electrons. The molecular weight excluding hydrogens is 200 g/mol. The van der Waals surface area contributed by atoms with Gasteiger partial charge >= 0.3 is 0 Å². The summed E-state index contributed by atoms with van der Waals surface area (Å²) in [5.74, 6) is 0.788. The maximum atomic E-state index is 9.34. The average molecular weight is 213 g/mol. The number of hydrogen-bond donors (Lipinski definition) is 1. The molecule has 1 aromatic carbocycles. The van der Waals surface area contributed by atoms with E-state index in [4.69, 9.17) is 16.3 Å². The molecule has 1 aromatic rings. The molecule has 0 amide bonds. The Morgan fingerprint density at radius 2 is 2.21 bits per heavy atom. The van der Waals surface area contributed by atoms with E-state index in [1.165, 1.54) is 0 Å². The summed E-state index contributed by atoms with van der Waals surface area (Å²) in [5, 5.41) is 10.1. The molecule has 1 aliphatic rings. The first kappa shape index (κ1) is 9.81. The Labute approximate surface area is 88.5 Å². The first-order valence-electron chi connectivity index (χ1n) is 4.77. The minimum Gasteiger partial charge on any atom is -0.488 e. The van der Waals surface area contributed by atoms with Gasteiger partial charge in [0.1, 0.15) is 11.9 Å². The van der Waals surface area contributed by atoms with E-state index in [-0.39, 0.29) is 12.2 Å². The Kier molecular flexibility index (Phi) is 2.66. The van der Waals surface area contributed by atoms with E-state index in [0.29, 0.717) is 0 Å². The SMILES string of the molecule is Cc1cc(O[C@@H]2CC[C@H]2O)ccc1Cl. The third kappa shape index (κ3) is 1.86. The van der Waals surface area contributed by atoms with Gasteiger partial charge in [-0.2, -0.15) is 0 Å². The third-order valence-corrected chi connectivity index (χ3v) is 3.02. The summed E-state index contributed by atoms with van der Waals surface area (Å²) in [5.41, 5.74) is 0.998. The van der Waals surface area contributed by atoms with Crippen LogP contribution in [0.1, 0.15) is 18.4 Å². The molecule has 2 atom stereocenters. The lowest BCUT2D eigenvalue weighted by molar-refractivity contribution is -0.0361. The molecule has 0 saturated heterocycles. The largest absolute Gasteiger partial charge is 0.488 e. The third-order valence-electron chi connectivity index (χ3n) is 2.59. The van der Waals surface area contributed by atoms with Crippen LogP contribution in [0.2, 0.25) is 5.02 Å². The van der Waals surface area contributed by atoms with Crippen LogP contribution in [0.4, 0.5) is 0 Å². The fraction of sp³-hybridized carbons (Fsp3) is 0.455. The average Bonchev–Trinajstić information content (AvgIpc) is 2.17. The Morgan fingerprint density at radius 3 is 2.71 bits per heavy atom. The molecule has 1 saturated carbocycles. The minimum atomic E-state index is -0.300. The van der Waals surface area contributed by atoms with E-state index >= 15 is 0 Å². The van der Waals surface area contributed by atoms with Gasteiger partial charge in [-0.25, -0.2) is 0 Å². The van der Waals surface area contributed by atoms with Crippen molar-refractivity contribution in [3.63, 3.8) is 0 Å². The lowest BCUT2D eigenvalue weighted by atomic mass is 9.92. The highest BCUT2D eigenvalue weighted by molar-refractivity contribution is 6.31. The Bertz CT molecular complexity index is 338. The smallest absolute Gasteiger partial charge is 0.125 e. The van der Waals surface area contributed by atoms with Crippen molar-refractivity contribution in [2.45, 2.75) is 32.0 Å². The van der Waals surface area contributed by atoms with Crippen LogP contribution in [0.15, 0.2) is 18.2 Å². The summed E-state index contributed by atoms with van der Waals surface area (Å²) in [7, 11) is 0. The van der Waals surface area contributed by atoms with Crippen LogP contribution in [0.25, 0.3) is 0 Å². The van der Waals surface area contributed by atoms with Gasteiger partial charge in [-0.15, -0.1) is 0 Å². The van der Waals surface area contributed by atoms with Crippen LogP contribution >= 0.6 is 11.6 Å². The lowest BCUT2D eigenvalue weighted by Gasteiger charge is -2.32. The Hall–Kier alpha value is -0.730. The van der Waals surface area contributed by atoms with Gasteiger partial charge in [0, 0.05) is 5.02 Å². The standard InChI is InChI=1S/C11H13ClO2/c1-7-6-8(2-3-9(7)12)14-11-5-4-10(11)13/h2-3,6,10-11,13H,4-5H2,1H3/t10-,11-/m1/s1. The van der Waals surface area contributed by atoms with E-state index in [1.54, 1.807) is 0 Å². The molecule has 1 N–H and O–H groups in total. The van der Waals surface area contributed by atoms with Crippen molar-refractivity contribution < 1.29 is 9.84 Å². The summed E-state index contributed by atoms with van der Waals surface area (Å²) in [6.07, 6.45) is 1.45. The van der Waals surface area contributed by atoms with E-state index in [2.05, 4.69) is 0 Å². The van der Waals surface area contributed by atoms with Crippen molar-refractivity contribution in [1.29, 1.82) is 0 Å². The highest BCUT2D eigenvalue weighted by Gasteiger charge is 2.30. The number of benzene rings is 1. The summed E-state index contributed by atoms with van der Waals surface area (Å²) >= 11 is 5.89. The Balaban J connectivity index is 2.06. The normalized spacial score (nSPS) is 25.6.